The van der Waals surface area contributed by atoms with Gasteiger partial charge < -0.3 is 5.32 Å². The van der Waals surface area contributed by atoms with Crippen molar-refractivity contribution < 1.29 is 0 Å². The number of aryl methyl sites for hydroxylation is 1. The van der Waals surface area contributed by atoms with Crippen LogP contribution in [0.4, 0.5) is 11.5 Å². The van der Waals surface area contributed by atoms with E-state index in [0.29, 0.717) is 0 Å². The first-order valence-corrected chi connectivity index (χ1v) is 10.4. The molecule has 28 heavy (non-hydrogen) atoms. The van der Waals surface area contributed by atoms with Gasteiger partial charge in [0.25, 0.3) is 0 Å². The number of fused-ring (bicyclic) bond motifs is 3. The number of anilines is 2. The molecule has 0 bridgehead atoms. The van der Waals surface area contributed by atoms with Crippen molar-refractivity contribution in [1.82, 2.24) is 14.9 Å². The van der Waals surface area contributed by atoms with Gasteiger partial charge in [0.1, 0.15) is 17.0 Å². The lowest BCUT2D eigenvalue weighted by Crippen LogP contribution is -2.29. The highest BCUT2D eigenvalue weighted by atomic mass is 32.1. The molecule has 5 heteroatoms. The van der Waals surface area contributed by atoms with E-state index in [1.165, 1.54) is 27.0 Å². The summed E-state index contributed by atoms with van der Waals surface area (Å²) in [5, 5.41) is 4.71. The van der Waals surface area contributed by atoms with Crippen molar-refractivity contribution in [2.45, 2.75) is 26.4 Å². The zero-order valence-electron chi connectivity index (χ0n) is 15.9. The van der Waals surface area contributed by atoms with Gasteiger partial charge in [-0.05, 0) is 42.2 Å². The predicted molar refractivity (Wildman–Crippen MR) is 116 cm³/mol. The SMILES string of the molecule is Cc1cccc(Nc2ncnc3sc4c(c23)CCN(Cc2ccccc2)C4)c1. The molecule has 4 nitrogen and oxygen atoms in total. The number of rotatable bonds is 4. The van der Waals surface area contributed by atoms with Gasteiger partial charge in [0.15, 0.2) is 0 Å². The highest BCUT2D eigenvalue weighted by molar-refractivity contribution is 7.19. The maximum atomic E-state index is 4.57. The Kier molecular flexibility index (Phi) is 4.55. The molecular weight excluding hydrogens is 364 g/mol. The Morgan fingerprint density at radius 3 is 2.82 bits per heavy atom. The quantitative estimate of drug-likeness (QED) is 0.517. The maximum Gasteiger partial charge on any atom is 0.142 e. The van der Waals surface area contributed by atoms with Crippen LogP contribution in [0.15, 0.2) is 60.9 Å². The predicted octanol–water partition coefficient (Wildman–Crippen LogP) is 5.30. The minimum Gasteiger partial charge on any atom is -0.340 e. The van der Waals surface area contributed by atoms with E-state index in [9.17, 15) is 0 Å². The van der Waals surface area contributed by atoms with E-state index in [1.807, 2.05) is 11.3 Å². The largest absolute Gasteiger partial charge is 0.340 e. The Morgan fingerprint density at radius 2 is 1.96 bits per heavy atom. The van der Waals surface area contributed by atoms with Crippen molar-refractivity contribution in [3.63, 3.8) is 0 Å². The summed E-state index contributed by atoms with van der Waals surface area (Å²) >= 11 is 1.81. The van der Waals surface area contributed by atoms with Crippen LogP contribution in [-0.2, 0) is 19.5 Å². The first-order chi connectivity index (χ1) is 13.8. The number of nitrogens with one attached hydrogen (secondary N) is 1. The standard InChI is InChI=1S/C23H22N4S/c1-16-6-5-9-18(12-16)26-22-21-19-10-11-27(13-17-7-3-2-4-8-17)14-20(19)28-23(21)25-15-24-22/h2-9,12,15H,10-11,13-14H2,1H3,(H,24,25,26). The van der Waals surface area contributed by atoms with E-state index in [0.717, 1.165) is 42.4 Å². The van der Waals surface area contributed by atoms with Crippen LogP contribution in [0.25, 0.3) is 10.2 Å². The first kappa shape index (κ1) is 17.3. The summed E-state index contributed by atoms with van der Waals surface area (Å²) in [6, 6.07) is 19.1. The second-order valence-electron chi connectivity index (χ2n) is 7.35. The summed E-state index contributed by atoms with van der Waals surface area (Å²) in [6.45, 7) is 5.14. The molecule has 0 spiro atoms. The molecule has 4 aromatic rings. The lowest BCUT2D eigenvalue weighted by molar-refractivity contribution is 0.249. The van der Waals surface area contributed by atoms with Gasteiger partial charge in [0.05, 0.1) is 5.39 Å². The zero-order chi connectivity index (χ0) is 18.9. The van der Waals surface area contributed by atoms with Gasteiger partial charge in [-0.15, -0.1) is 11.3 Å². The highest BCUT2D eigenvalue weighted by Crippen LogP contribution is 2.38. The van der Waals surface area contributed by atoms with Crippen molar-refractivity contribution in [3.8, 4) is 0 Å². The van der Waals surface area contributed by atoms with Gasteiger partial charge >= 0.3 is 0 Å². The van der Waals surface area contributed by atoms with Gasteiger partial charge in [0.2, 0.25) is 0 Å². The fraction of sp³-hybridized carbons (Fsp3) is 0.217. The van der Waals surface area contributed by atoms with E-state index in [-0.39, 0.29) is 0 Å². The van der Waals surface area contributed by atoms with Crippen LogP contribution in [0.3, 0.4) is 0 Å². The van der Waals surface area contributed by atoms with Crippen LogP contribution in [0.5, 0.6) is 0 Å². The second-order valence-corrected chi connectivity index (χ2v) is 8.43. The molecular formula is C23H22N4S. The number of aromatic nitrogens is 2. The van der Waals surface area contributed by atoms with Crippen LogP contribution < -0.4 is 5.32 Å². The summed E-state index contributed by atoms with van der Waals surface area (Å²) in [5.74, 6) is 0.921. The van der Waals surface area contributed by atoms with E-state index >= 15 is 0 Å². The Labute approximate surface area is 168 Å². The molecule has 1 aliphatic rings. The molecule has 2 aromatic carbocycles. The van der Waals surface area contributed by atoms with Crippen molar-refractivity contribution >= 4 is 33.1 Å². The second kappa shape index (κ2) is 7.34. The molecule has 0 unspecified atom stereocenters. The van der Waals surface area contributed by atoms with E-state index in [4.69, 9.17) is 0 Å². The molecule has 0 fully saturated rings. The molecule has 0 atom stereocenters. The lowest BCUT2D eigenvalue weighted by Gasteiger charge is -2.27. The first-order valence-electron chi connectivity index (χ1n) is 9.61. The Balaban J connectivity index is 1.45. The van der Waals surface area contributed by atoms with Crippen LogP contribution in [0.1, 0.15) is 21.6 Å². The summed E-state index contributed by atoms with van der Waals surface area (Å²) in [7, 11) is 0. The minimum absolute atomic E-state index is 0.921. The molecule has 5 rings (SSSR count). The van der Waals surface area contributed by atoms with Gasteiger partial charge in [-0.3, -0.25) is 4.90 Å². The van der Waals surface area contributed by atoms with Crippen molar-refractivity contribution in [1.29, 1.82) is 0 Å². The average molecular weight is 387 g/mol. The molecule has 3 heterocycles. The third-order valence-electron chi connectivity index (χ3n) is 5.25. The molecule has 140 valence electrons. The summed E-state index contributed by atoms with van der Waals surface area (Å²) in [6.07, 6.45) is 2.71. The Bertz CT molecular complexity index is 1120. The summed E-state index contributed by atoms with van der Waals surface area (Å²) in [5.41, 5.74) is 5.09. The zero-order valence-corrected chi connectivity index (χ0v) is 16.7. The van der Waals surface area contributed by atoms with Gasteiger partial charge in [-0.2, -0.15) is 0 Å². The number of benzene rings is 2. The third-order valence-corrected chi connectivity index (χ3v) is 6.37. The van der Waals surface area contributed by atoms with E-state index < -0.39 is 0 Å². The molecule has 0 amide bonds. The number of hydrogen-bond donors (Lipinski definition) is 1. The minimum atomic E-state index is 0.921. The fourth-order valence-electron chi connectivity index (χ4n) is 3.91. The highest BCUT2D eigenvalue weighted by Gasteiger charge is 2.23. The van der Waals surface area contributed by atoms with Gasteiger partial charge in [0, 0.05) is 30.2 Å². The summed E-state index contributed by atoms with van der Waals surface area (Å²) in [4.78, 5) is 14.2. The van der Waals surface area contributed by atoms with Crippen LogP contribution >= 0.6 is 11.3 Å². The van der Waals surface area contributed by atoms with Gasteiger partial charge in [-0.1, -0.05) is 42.5 Å². The maximum absolute atomic E-state index is 4.57. The lowest BCUT2D eigenvalue weighted by atomic mass is 10.0. The molecule has 2 aromatic heterocycles. The monoisotopic (exact) mass is 386 g/mol. The molecule has 0 radical (unpaired) electrons. The smallest absolute Gasteiger partial charge is 0.142 e. The van der Waals surface area contributed by atoms with Crippen LogP contribution in [0, 0.1) is 6.92 Å². The molecule has 0 saturated heterocycles. The van der Waals surface area contributed by atoms with Crippen molar-refractivity contribution in [3.05, 3.63) is 82.5 Å². The molecule has 1 N–H and O–H groups in total. The third kappa shape index (κ3) is 3.39. The topological polar surface area (TPSA) is 41.1 Å². The summed E-state index contributed by atoms with van der Waals surface area (Å²) < 4.78 is 0. The molecule has 0 saturated carbocycles. The van der Waals surface area contributed by atoms with E-state index in [1.54, 1.807) is 6.33 Å². The molecule has 0 aliphatic carbocycles. The average Bonchev–Trinajstić information content (AvgIpc) is 3.07. The van der Waals surface area contributed by atoms with Gasteiger partial charge in [-0.25, -0.2) is 9.97 Å². The van der Waals surface area contributed by atoms with Crippen molar-refractivity contribution in [2.75, 3.05) is 11.9 Å². The number of hydrogen-bond acceptors (Lipinski definition) is 5. The number of nitrogens with zero attached hydrogens (tertiary/aromatic N) is 3. The van der Waals surface area contributed by atoms with E-state index in [2.05, 4.69) is 81.7 Å². The molecule has 1 aliphatic heterocycles. The Hall–Kier alpha value is -2.76. The normalized spacial score (nSPS) is 14.2. The van der Waals surface area contributed by atoms with Crippen LogP contribution in [0.2, 0.25) is 0 Å². The van der Waals surface area contributed by atoms with Crippen molar-refractivity contribution in [2.24, 2.45) is 0 Å². The number of thiophene rings is 1. The Morgan fingerprint density at radius 1 is 1.07 bits per heavy atom. The fourth-order valence-corrected chi connectivity index (χ4v) is 5.14. The van der Waals surface area contributed by atoms with Crippen LogP contribution in [-0.4, -0.2) is 21.4 Å².